The third kappa shape index (κ3) is 2.19. The summed E-state index contributed by atoms with van der Waals surface area (Å²) in [4.78, 5) is 11.5. The van der Waals surface area contributed by atoms with E-state index in [-0.39, 0.29) is 23.0 Å². The van der Waals surface area contributed by atoms with Gasteiger partial charge >= 0.3 is 5.97 Å². The second-order valence-corrected chi connectivity index (χ2v) is 5.06. The monoisotopic (exact) mass is 275 g/mol. The molecule has 1 fully saturated rings. The quantitative estimate of drug-likeness (QED) is 0.924. The molecule has 1 aromatic carbocycles. The van der Waals surface area contributed by atoms with Gasteiger partial charge in [0.25, 0.3) is 0 Å². The van der Waals surface area contributed by atoms with Crippen LogP contribution in [0.2, 0.25) is 0 Å². The van der Waals surface area contributed by atoms with E-state index in [2.05, 4.69) is 5.16 Å². The second kappa shape index (κ2) is 5.07. The molecular formula is C15H14FNO3. The summed E-state index contributed by atoms with van der Waals surface area (Å²) in [6.45, 7) is 0. The highest BCUT2D eigenvalue weighted by Gasteiger charge is 2.30. The van der Waals surface area contributed by atoms with E-state index >= 15 is 0 Å². The number of hydrogen-bond acceptors (Lipinski definition) is 3. The number of carboxylic acids is 1. The molecule has 3 rings (SSSR count). The fraction of sp³-hybridized carbons (Fsp3) is 0.333. The van der Waals surface area contributed by atoms with Crippen LogP contribution in [0.4, 0.5) is 4.39 Å². The molecule has 1 aliphatic rings. The van der Waals surface area contributed by atoms with E-state index in [1.54, 1.807) is 0 Å². The third-order valence-electron chi connectivity index (χ3n) is 3.78. The standard InChI is InChI=1S/C15H14FNO3/c16-11-7-5-9(6-8-11)13-12(15(18)19)14(20-17-13)10-3-1-2-4-10/h5-8,10H,1-4H2,(H,18,19). The number of carbonyl (C=O) groups is 1. The number of nitrogens with zero attached hydrogens (tertiary/aromatic N) is 1. The van der Waals surface area contributed by atoms with Gasteiger partial charge in [0.1, 0.15) is 17.1 Å². The van der Waals surface area contributed by atoms with Crippen LogP contribution in [0.5, 0.6) is 0 Å². The van der Waals surface area contributed by atoms with Crippen molar-refractivity contribution in [3.63, 3.8) is 0 Å². The Bertz CT molecular complexity index is 627. The maximum absolute atomic E-state index is 13.0. The summed E-state index contributed by atoms with van der Waals surface area (Å²) in [7, 11) is 0. The van der Waals surface area contributed by atoms with Crippen molar-refractivity contribution >= 4 is 5.97 Å². The molecular weight excluding hydrogens is 261 g/mol. The van der Waals surface area contributed by atoms with Gasteiger partial charge in [0.05, 0.1) is 0 Å². The van der Waals surface area contributed by atoms with E-state index in [1.165, 1.54) is 24.3 Å². The third-order valence-corrected chi connectivity index (χ3v) is 3.78. The lowest BCUT2D eigenvalue weighted by Gasteiger charge is -2.05. The molecule has 5 heteroatoms. The van der Waals surface area contributed by atoms with E-state index in [9.17, 15) is 14.3 Å². The van der Waals surface area contributed by atoms with E-state index < -0.39 is 5.97 Å². The molecule has 0 amide bonds. The van der Waals surface area contributed by atoms with Crippen molar-refractivity contribution in [3.05, 3.63) is 41.4 Å². The highest BCUT2D eigenvalue weighted by atomic mass is 19.1. The van der Waals surface area contributed by atoms with E-state index in [1.807, 2.05) is 0 Å². The summed E-state index contributed by atoms with van der Waals surface area (Å²) < 4.78 is 18.3. The van der Waals surface area contributed by atoms with E-state index in [0.717, 1.165) is 25.7 Å². The van der Waals surface area contributed by atoms with Crippen LogP contribution in [0, 0.1) is 5.82 Å². The van der Waals surface area contributed by atoms with Gasteiger partial charge in [0.2, 0.25) is 0 Å². The lowest BCUT2D eigenvalue weighted by atomic mass is 9.97. The number of hydrogen-bond donors (Lipinski definition) is 1. The first-order valence-corrected chi connectivity index (χ1v) is 6.65. The maximum atomic E-state index is 13.0. The largest absolute Gasteiger partial charge is 0.477 e. The minimum atomic E-state index is -1.05. The minimum Gasteiger partial charge on any atom is -0.477 e. The number of carboxylic acid groups (broad SMARTS) is 1. The zero-order valence-electron chi connectivity index (χ0n) is 10.8. The van der Waals surface area contributed by atoms with Crippen molar-refractivity contribution < 1.29 is 18.8 Å². The van der Waals surface area contributed by atoms with Crippen LogP contribution < -0.4 is 0 Å². The van der Waals surface area contributed by atoms with Crippen molar-refractivity contribution in [2.45, 2.75) is 31.6 Å². The predicted molar refractivity (Wildman–Crippen MR) is 70.1 cm³/mol. The smallest absolute Gasteiger partial charge is 0.341 e. The number of halogens is 1. The molecule has 0 saturated heterocycles. The first-order valence-electron chi connectivity index (χ1n) is 6.65. The van der Waals surface area contributed by atoms with Crippen molar-refractivity contribution in [1.82, 2.24) is 5.16 Å². The summed E-state index contributed by atoms with van der Waals surface area (Å²) in [5, 5.41) is 13.3. The molecule has 0 atom stereocenters. The van der Waals surface area contributed by atoms with Crippen LogP contribution in [0.1, 0.15) is 47.7 Å². The Balaban J connectivity index is 2.07. The van der Waals surface area contributed by atoms with Crippen molar-refractivity contribution in [3.8, 4) is 11.3 Å². The van der Waals surface area contributed by atoms with Crippen molar-refractivity contribution in [1.29, 1.82) is 0 Å². The average Bonchev–Trinajstić information content (AvgIpc) is 3.08. The normalized spacial score (nSPS) is 15.7. The number of aromatic nitrogens is 1. The molecule has 2 aromatic rings. The molecule has 1 saturated carbocycles. The van der Waals surface area contributed by atoms with Gasteiger partial charge in [0, 0.05) is 11.5 Å². The topological polar surface area (TPSA) is 63.3 Å². The Morgan fingerprint density at radius 1 is 1.25 bits per heavy atom. The number of rotatable bonds is 3. The molecule has 1 aromatic heterocycles. The molecule has 104 valence electrons. The van der Waals surface area contributed by atoms with Gasteiger partial charge < -0.3 is 9.63 Å². The van der Waals surface area contributed by atoms with Crippen LogP contribution >= 0.6 is 0 Å². The Morgan fingerprint density at radius 2 is 1.90 bits per heavy atom. The van der Waals surface area contributed by atoms with Crippen LogP contribution in [-0.4, -0.2) is 16.2 Å². The van der Waals surface area contributed by atoms with Gasteiger partial charge in [0.15, 0.2) is 5.76 Å². The Kier molecular flexibility index (Phi) is 3.26. The highest BCUT2D eigenvalue weighted by molar-refractivity contribution is 5.96. The molecule has 0 bridgehead atoms. The highest BCUT2D eigenvalue weighted by Crippen LogP contribution is 2.38. The van der Waals surface area contributed by atoms with Crippen LogP contribution in [0.25, 0.3) is 11.3 Å². The fourth-order valence-electron chi connectivity index (χ4n) is 2.78. The Morgan fingerprint density at radius 3 is 2.50 bits per heavy atom. The molecule has 20 heavy (non-hydrogen) atoms. The molecule has 0 aliphatic heterocycles. The van der Waals surface area contributed by atoms with Crippen LogP contribution in [-0.2, 0) is 0 Å². The van der Waals surface area contributed by atoms with Gasteiger partial charge in [-0.25, -0.2) is 9.18 Å². The molecule has 1 N–H and O–H groups in total. The van der Waals surface area contributed by atoms with Gasteiger partial charge in [-0.3, -0.25) is 0 Å². The van der Waals surface area contributed by atoms with Crippen molar-refractivity contribution in [2.75, 3.05) is 0 Å². The summed E-state index contributed by atoms with van der Waals surface area (Å²) in [6, 6.07) is 5.59. The van der Waals surface area contributed by atoms with Gasteiger partial charge in [-0.05, 0) is 37.1 Å². The first-order chi connectivity index (χ1) is 9.66. The van der Waals surface area contributed by atoms with Gasteiger partial charge in [-0.15, -0.1) is 0 Å². The van der Waals surface area contributed by atoms with Gasteiger partial charge in [-0.2, -0.15) is 0 Å². The first kappa shape index (κ1) is 12.8. The molecule has 1 aliphatic carbocycles. The summed E-state index contributed by atoms with van der Waals surface area (Å²) >= 11 is 0. The number of benzene rings is 1. The Hall–Kier alpha value is -2.17. The van der Waals surface area contributed by atoms with E-state index in [0.29, 0.717) is 11.3 Å². The maximum Gasteiger partial charge on any atom is 0.341 e. The zero-order chi connectivity index (χ0) is 14.1. The van der Waals surface area contributed by atoms with Gasteiger partial charge in [-0.1, -0.05) is 18.0 Å². The predicted octanol–water partition coefficient (Wildman–Crippen LogP) is 3.84. The molecule has 4 nitrogen and oxygen atoms in total. The van der Waals surface area contributed by atoms with Crippen molar-refractivity contribution in [2.24, 2.45) is 0 Å². The molecule has 1 heterocycles. The fourth-order valence-corrected chi connectivity index (χ4v) is 2.78. The number of aromatic carboxylic acids is 1. The zero-order valence-corrected chi connectivity index (χ0v) is 10.8. The lowest BCUT2D eigenvalue weighted by molar-refractivity contribution is 0.0694. The molecule has 0 spiro atoms. The minimum absolute atomic E-state index is 0.114. The Labute approximate surface area is 115 Å². The molecule has 0 unspecified atom stereocenters. The average molecular weight is 275 g/mol. The lowest BCUT2D eigenvalue weighted by Crippen LogP contribution is -2.04. The summed E-state index contributed by atoms with van der Waals surface area (Å²) in [6.07, 6.45) is 4.02. The summed E-state index contributed by atoms with van der Waals surface area (Å²) in [5.74, 6) is -0.838. The van der Waals surface area contributed by atoms with Crippen LogP contribution in [0.15, 0.2) is 28.8 Å². The van der Waals surface area contributed by atoms with Crippen LogP contribution in [0.3, 0.4) is 0 Å². The SMILES string of the molecule is O=C(O)c1c(-c2ccc(F)cc2)noc1C1CCCC1. The van der Waals surface area contributed by atoms with E-state index in [4.69, 9.17) is 4.52 Å². The second-order valence-electron chi connectivity index (χ2n) is 5.06. The molecule has 0 radical (unpaired) electrons. The summed E-state index contributed by atoms with van der Waals surface area (Å²) in [5.41, 5.74) is 0.944.